The number of hydrogen-bond acceptors (Lipinski definition) is 6. The Balaban J connectivity index is 1.69. The van der Waals surface area contributed by atoms with Crippen LogP contribution in [0.25, 0.3) is 11.1 Å². The Bertz CT molecular complexity index is 1290. The highest BCUT2D eigenvalue weighted by Gasteiger charge is 2.23. The second kappa shape index (κ2) is 12.2. The van der Waals surface area contributed by atoms with E-state index in [0.717, 1.165) is 51.4 Å². The molecule has 1 fully saturated rings. The molecule has 1 unspecified atom stereocenters. The third-order valence-electron chi connectivity index (χ3n) is 7.82. The Morgan fingerprint density at radius 1 is 1.05 bits per heavy atom. The standard InChI is InChI=1S/C31H43N5O2/c1-20-14-21(2)34-31(38)28(20)18-33-30(37)27-15-24(23-12-13-25(32-17-23)19-35(4)5)16-29(22(27)3)36(6)26-10-8-7-9-11-26/h12-17,26,30,33,37H,7-11,18-19H2,1-6H3,(H,34,38). The molecular formula is C31H43N5O2. The van der Waals surface area contributed by atoms with E-state index in [0.29, 0.717) is 11.6 Å². The normalized spacial score (nSPS) is 15.2. The van der Waals surface area contributed by atoms with Crippen molar-refractivity contribution in [2.24, 2.45) is 0 Å². The van der Waals surface area contributed by atoms with Crippen LogP contribution >= 0.6 is 0 Å². The van der Waals surface area contributed by atoms with E-state index in [1.165, 1.54) is 32.1 Å². The summed E-state index contributed by atoms with van der Waals surface area (Å²) in [5.74, 6) is 0. The van der Waals surface area contributed by atoms with Crippen molar-refractivity contribution < 1.29 is 5.11 Å². The number of nitrogens with zero attached hydrogens (tertiary/aromatic N) is 3. The Labute approximate surface area is 226 Å². The van der Waals surface area contributed by atoms with Gasteiger partial charge in [-0.15, -0.1) is 0 Å². The van der Waals surface area contributed by atoms with Gasteiger partial charge in [0.25, 0.3) is 5.56 Å². The topological polar surface area (TPSA) is 84.5 Å². The van der Waals surface area contributed by atoms with E-state index in [4.69, 9.17) is 0 Å². The number of aliphatic hydroxyl groups excluding tert-OH is 1. The molecule has 0 bridgehead atoms. The van der Waals surface area contributed by atoms with Crippen molar-refractivity contribution in [1.29, 1.82) is 0 Å². The van der Waals surface area contributed by atoms with Crippen LogP contribution in [-0.4, -0.2) is 47.2 Å². The first-order valence-electron chi connectivity index (χ1n) is 13.7. The smallest absolute Gasteiger partial charge is 0.252 e. The number of aryl methyl sites for hydroxylation is 2. The number of benzene rings is 1. The monoisotopic (exact) mass is 517 g/mol. The van der Waals surface area contributed by atoms with Gasteiger partial charge in [0.1, 0.15) is 6.23 Å². The zero-order valence-corrected chi connectivity index (χ0v) is 23.8. The van der Waals surface area contributed by atoms with Crippen molar-refractivity contribution in [3.05, 3.63) is 80.5 Å². The molecule has 3 aromatic rings. The lowest BCUT2D eigenvalue weighted by molar-refractivity contribution is 0.136. The molecule has 1 aliphatic rings. The summed E-state index contributed by atoms with van der Waals surface area (Å²) < 4.78 is 0. The molecule has 2 aromatic heterocycles. The SMILES string of the molecule is Cc1cc(C)c(CNC(O)c2cc(-c3ccc(CN(C)C)nc3)cc(N(C)C3CCCCC3)c2C)c(=O)[nH]1. The highest BCUT2D eigenvalue weighted by molar-refractivity contribution is 5.72. The van der Waals surface area contributed by atoms with Crippen LogP contribution in [0, 0.1) is 20.8 Å². The quantitative estimate of drug-likeness (QED) is 0.348. The van der Waals surface area contributed by atoms with Crippen molar-refractivity contribution in [2.75, 3.05) is 26.0 Å². The molecular weight excluding hydrogens is 474 g/mol. The summed E-state index contributed by atoms with van der Waals surface area (Å²) in [6.07, 6.45) is 7.19. The summed E-state index contributed by atoms with van der Waals surface area (Å²) in [7, 11) is 6.25. The average molecular weight is 518 g/mol. The highest BCUT2D eigenvalue weighted by Crippen LogP contribution is 2.36. The molecule has 1 saturated carbocycles. The Morgan fingerprint density at radius 2 is 1.79 bits per heavy atom. The molecule has 1 aliphatic carbocycles. The highest BCUT2D eigenvalue weighted by atomic mass is 16.3. The van der Waals surface area contributed by atoms with Gasteiger partial charge in [-0.05, 0) is 88.7 Å². The van der Waals surface area contributed by atoms with Crippen LogP contribution in [0.15, 0.2) is 41.3 Å². The number of rotatable bonds is 9. The molecule has 4 rings (SSSR count). The third kappa shape index (κ3) is 6.52. The summed E-state index contributed by atoms with van der Waals surface area (Å²) in [5.41, 5.74) is 8.34. The fraction of sp³-hybridized carbons (Fsp3) is 0.484. The van der Waals surface area contributed by atoms with E-state index >= 15 is 0 Å². The maximum absolute atomic E-state index is 12.5. The molecule has 0 amide bonds. The van der Waals surface area contributed by atoms with E-state index in [1.807, 2.05) is 40.2 Å². The Morgan fingerprint density at radius 3 is 2.42 bits per heavy atom. The van der Waals surface area contributed by atoms with Crippen LogP contribution < -0.4 is 15.8 Å². The van der Waals surface area contributed by atoms with E-state index in [2.05, 4.69) is 63.3 Å². The minimum atomic E-state index is -0.922. The molecule has 1 aromatic carbocycles. The lowest BCUT2D eigenvalue weighted by atomic mass is 9.92. The molecule has 38 heavy (non-hydrogen) atoms. The number of aromatic nitrogens is 2. The van der Waals surface area contributed by atoms with Gasteiger partial charge >= 0.3 is 0 Å². The lowest BCUT2D eigenvalue weighted by Gasteiger charge is -2.35. The van der Waals surface area contributed by atoms with Crippen molar-refractivity contribution >= 4 is 5.69 Å². The van der Waals surface area contributed by atoms with Crippen LogP contribution in [0.3, 0.4) is 0 Å². The number of anilines is 1. The van der Waals surface area contributed by atoms with Crippen LogP contribution in [0.1, 0.15) is 72.0 Å². The third-order valence-corrected chi connectivity index (χ3v) is 7.82. The largest absolute Gasteiger partial charge is 0.374 e. The summed E-state index contributed by atoms with van der Waals surface area (Å²) in [6, 6.07) is 10.9. The van der Waals surface area contributed by atoms with Gasteiger partial charge in [-0.1, -0.05) is 25.3 Å². The van der Waals surface area contributed by atoms with Crippen LogP contribution in [0.5, 0.6) is 0 Å². The Hall–Kier alpha value is -3.00. The van der Waals surface area contributed by atoms with Crippen molar-refractivity contribution in [3.63, 3.8) is 0 Å². The van der Waals surface area contributed by atoms with Gasteiger partial charge < -0.3 is 19.9 Å². The number of aliphatic hydroxyl groups is 1. The Kier molecular flexibility index (Phi) is 9.03. The number of H-pyrrole nitrogens is 1. The fourth-order valence-electron chi connectivity index (χ4n) is 5.63. The molecule has 2 heterocycles. The molecule has 0 radical (unpaired) electrons. The van der Waals surface area contributed by atoms with Crippen LogP contribution in [0.4, 0.5) is 5.69 Å². The molecule has 204 valence electrons. The van der Waals surface area contributed by atoms with E-state index in [1.54, 1.807) is 0 Å². The maximum Gasteiger partial charge on any atom is 0.252 e. The summed E-state index contributed by atoms with van der Waals surface area (Å²) in [6.45, 7) is 6.96. The zero-order valence-electron chi connectivity index (χ0n) is 23.8. The lowest BCUT2D eigenvalue weighted by Crippen LogP contribution is -2.34. The fourth-order valence-corrected chi connectivity index (χ4v) is 5.63. The van der Waals surface area contributed by atoms with Gasteiger partial charge in [-0.25, -0.2) is 0 Å². The van der Waals surface area contributed by atoms with Gasteiger partial charge in [-0.3, -0.25) is 15.1 Å². The predicted octanol–water partition coefficient (Wildman–Crippen LogP) is 4.97. The van der Waals surface area contributed by atoms with E-state index in [-0.39, 0.29) is 12.1 Å². The molecule has 0 spiro atoms. The van der Waals surface area contributed by atoms with Gasteiger partial charge in [0.05, 0.1) is 5.69 Å². The van der Waals surface area contributed by atoms with Crippen molar-refractivity contribution in [3.8, 4) is 11.1 Å². The summed E-state index contributed by atoms with van der Waals surface area (Å²) in [5, 5.41) is 14.6. The number of nitrogens with one attached hydrogen (secondary N) is 2. The van der Waals surface area contributed by atoms with E-state index < -0.39 is 6.23 Å². The van der Waals surface area contributed by atoms with Crippen LogP contribution in [-0.2, 0) is 13.1 Å². The average Bonchev–Trinajstić information content (AvgIpc) is 2.88. The molecule has 3 N–H and O–H groups in total. The summed E-state index contributed by atoms with van der Waals surface area (Å²) >= 11 is 0. The second-order valence-corrected chi connectivity index (χ2v) is 11.1. The van der Waals surface area contributed by atoms with Crippen LogP contribution in [0.2, 0.25) is 0 Å². The van der Waals surface area contributed by atoms with Gasteiger partial charge in [0, 0.05) is 60.4 Å². The second-order valence-electron chi connectivity index (χ2n) is 11.1. The van der Waals surface area contributed by atoms with Gasteiger partial charge in [0.2, 0.25) is 0 Å². The number of hydrogen-bond donors (Lipinski definition) is 3. The van der Waals surface area contributed by atoms with Crippen molar-refractivity contribution in [1.82, 2.24) is 20.2 Å². The molecule has 0 saturated heterocycles. The van der Waals surface area contributed by atoms with Crippen molar-refractivity contribution in [2.45, 2.75) is 78.2 Å². The summed E-state index contributed by atoms with van der Waals surface area (Å²) in [4.78, 5) is 24.6. The predicted molar refractivity (Wildman–Crippen MR) is 155 cm³/mol. The minimum Gasteiger partial charge on any atom is -0.374 e. The first-order chi connectivity index (χ1) is 18.1. The molecule has 7 heteroatoms. The number of aromatic amines is 1. The number of pyridine rings is 2. The maximum atomic E-state index is 12.5. The minimum absolute atomic E-state index is 0.116. The molecule has 7 nitrogen and oxygen atoms in total. The molecule has 1 atom stereocenters. The zero-order chi connectivity index (χ0) is 27.4. The first kappa shape index (κ1) is 28.0. The molecule has 0 aliphatic heterocycles. The van der Waals surface area contributed by atoms with E-state index in [9.17, 15) is 9.90 Å². The van der Waals surface area contributed by atoms with Gasteiger partial charge in [0.15, 0.2) is 0 Å². The van der Waals surface area contributed by atoms with Gasteiger partial charge in [-0.2, -0.15) is 0 Å². The first-order valence-corrected chi connectivity index (χ1v) is 13.7.